The first-order valence-electron chi connectivity index (χ1n) is 13.3. The Morgan fingerprint density at radius 1 is 1.08 bits per heavy atom. The van der Waals surface area contributed by atoms with Gasteiger partial charge in [0, 0.05) is 55.4 Å². The van der Waals surface area contributed by atoms with Crippen molar-refractivity contribution in [3.05, 3.63) is 59.5 Å². The number of fused-ring (bicyclic) bond motifs is 1. The molecule has 0 spiro atoms. The molecule has 4 aromatic rings. The van der Waals surface area contributed by atoms with Crippen molar-refractivity contribution in [1.29, 1.82) is 0 Å². The van der Waals surface area contributed by atoms with Crippen molar-refractivity contribution < 1.29 is 9.47 Å². The lowest BCUT2D eigenvalue weighted by Crippen LogP contribution is -2.47. The molecule has 2 saturated heterocycles. The molecule has 2 aromatic heterocycles. The van der Waals surface area contributed by atoms with Crippen molar-refractivity contribution in [2.75, 3.05) is 44.3 Å². The maximum atomic E-state index is 6.00. The van der Waals surface area contributed by atoms with Crippen LogP contribution in [0.2, 0.25) is 0 Å². The largest absolute Gasteiger partial charge is 0.492 e. The standard InChI is InChI=1S/C28H34N6O2S/c1-2-35-26-12-6-5-11-25(26)32-15-13-31(14-16-32)20-34-28(37)33(19-21-8-7-17-36-21)27(30-34)23-18-29-24-10-4-3-9-22(23)24/h3-6,9-12,18,21,29H,2,7-8,13-17,19-20H2,1H3/t21-/m0/s1. The number of para-hydroxylation sites is 3. The maximum absolute atomic E-state index is 6.00. The van der Waals surface area contributed by atoms with Gasteiger partial charge in [-0.25, -0.2) is 4.68 Å². The smallest absolute Gasteiger partial charge is 0.199 e. The predicted octanol–water partition coefficient (Wildman–Crippen LogP) is 4.92. The molecule has 2 fully saturated rings. The molecule has 37 heavy (non-hydrogen) atoms. The summed E-state index contributed by atoms with van der Waals surface area (Å²) >= 11 is 6.00. The van der Waals surface area contributed by atoms with Gasteiger partial charge in [-0.1, -0.05) is 30.3 Å². The quantitative estimate of drug-likeness (QED) is 0.334. The number of H-pyrrole nitrogens is 1. The van der Waals surface area contributed by atoms with Gasteiger partial charge in [-0.05, 0) is 50.2 Å². The molecule has 1 N–H and O–H groups in total. The molecule has 0 radical (unpaired) electrons. The number of piperazine rings is 1. The van der Waals surface area contributed by atoms with Crippen molar-refractivity contribution in [2.24, 2.45) is 0 Å². The molecular formula is C28H34N6O2S. The van der Waals surface area contributed by atoms with Crippen LogP contribution in [-0.2, 0) is 18.0 Å². The average molecular weight is 519 g/mol. The fourth-order valence-electron chi connectivity index (χ4n) is 5.46. The highest BCUT2D eigenvalue weighted by Gasteiger charge is 2.24. The molecule has 8 nitrogen and oxygen atoms in total. The first-order valence-corrected chi connectivity index (χ1v) is 13.7. The number of anilines is 1. The summed E-state index contributed by atoms with van der Waals surface area (Å²) < 4.78 is 16.8. The van der Waals surface area contributed by atoms with Gasteiger partial charge in [0.05, 0.1) is 31.6 Å². The van der Waals surface area contributed by atoms with E-state index < -0.39 is 0 Å². The molecule has 0 bridgehead atoms. The predicted molar refractivity (Wildman–Crippen MR) is 149 cm³/mol. The van der Waals surface area contributed by atoms with Crippen LogP contribution in [0.15, 0.2) is 54.7 Å². The summed E-state index contributed by atoms with van der Waals surface area (Å²) in [6.07, 6.45) is 4.39. The van der Waals surface area contributed by atoms with Gasteiger partial charge >= 0.3 is 0 Å². The van der Waals surface area contributed by atoms with Crippen molar-refractivity contribution in [3.63, 3.8) is 0 Å². The highest BCUT2D eigenvalue weighted by molar-refractivity contribution is 7.71. The molecule has 0 saturated carbocycles. The van der Waals surface area contributed by atoms with Crippen LogP contribution in [0.25, 0.3) is 22.3 Å². The lowest BCUT2D eigenvalue weighted by atomic mass is 10.1. The van der Waals surface area contributed by atoms with Gasteiger partial charge in [-0.2, -0.15) is 5.10 Å². The molecule has 2 aliphatic heterocycles. The number of hydrogen-bond acceptors (Lipinski definition) is 6. The Morgan fingerprint density at radius 3 is 2.70 bits per heavy atom. The summed E-state index contributed by atoms with van der Waals surface area (Å²) in [4.78, 5) is 8.24. The van der Waals surface area contributed by atoms with E-state index in [1.54, 1.807) is 0 Å². The van der Waals surface area contributed by atoms with Crippen molar-refractivity contribution in [2.45, 2.75) is 39.1 Å². The number of nitrogens with zero attached hydrogens (tertiary/aromatic N) is 5. The number of nitrogens with one attached hydrogen (secondary N) is 1. The van der Waals surface area contributed by atoms with Crippen LogP contribution in [0.1, 0.15) is 19.8 Å². The Bertz CT molecular complexity index is 1410. The minimum absolute atomic E-state index is 0.183. The molecule has 9 heteroatoms. The second-order valence-electron chi connectivity index (χ2n) is 9.75. The molecule has 2 aromatic carbocycles. The van der Waals surface area contributed by atoms with Gasteiger partial charge in [0.25, 0.3) is 0 Å². The number of rotatable bonds is 8. The van der Waals surface area contributed by atoms with Crippen LogP contribution < -0.4 is 9.64 Å². The lowest BCUT2D eigenvalue weighted by Gasteiger charge is -2.36. The van der Waals surface area contributed by atoms with Crippen molar-refractivity contribution in [1.82, 2.24) is 24.2 Å². The fourth-order valence-corrected chi connectivity index (χ4v) is 5.72. The Kier molecular flexibility index (Phi) is 6.99. The summed E-state index contributed by atoms with van der Waals surface area (Å²) in [6.45, 7) is 8.66. The summed E-state index contributed by atoms with van der Waals surface area (Å²) in [6, 6.07) is 16.7. The molecule has 0 aliphatic carbocycles. The first-order chi connectivity index (χ1) is 18.2. The van der Waals surface area contributed by atoms with Gasteiger partial charge in [-0.3, -0.25) is 9.47 Å². The summed E-state index contributed by atoms with van der Waals surface area (Å²) in [5.41, 5.74) is 3.35. The topological polar surface area (TPSA) is 63.5 Å². The highest BCUT2D eigenvalue weighted by atomic mass is 32.1. The second kappa shape index (κ2) is 10.7. The molecule has 194 valence electrons. The number of aromatic amines is 1. The zero-order valence-corrected chi connectivity index (χ0v) is 22.1. The molecule has 2 aliphatic rings. The minimum Gasteiger partial charge on any atom is -0.492 e. The zero-order chi connectivity index (χ0) is 25.2. The molecule has 0 unspecified atom stereocenters. The Morgan fingerprint density at radius 2 is 1.89 bits per heavy atom. The molecular weight excluding hydrogens is 484 g/mol. The number of benzene rings is 2. The van der Waals surface area contributed by atoms with E-state index in [2.05, 4.69) is 55.7 Å². The van der Waals surface area contributed by atoms with Crippen LogP contribution in [0.3, 0.4) is 0 Å². The van der Waals surface area contributed by atoms with Gasteiger partial charge in [0.15, 0.2) is 10.6 Å². The zero-order valence-electron chi connectivity index (χ0n) is 21.3. The third-order valence-corrected chi connectivity index (χ3v) is 7.81. The monoisotopic (exact) mass is 518 g/mol. The van der Waals surface area contributed by atoms with Crippen LogP contribution in [0.4, 0.5) is 5.69 Å². The van der Waals surface area contributed by atoms with Gasteiger partial charge in [0.2, 0.25) is 0 Å². The van der Waals surface area contributed by atoms with E-state index in [0.717, 1.165) is 85.0 Å². The molecule has 0 amide bonds. The van der Waals surface area contributed by atoms with Crippen LogP contribution in [0, 0.1) is 4.77 Å². The van der Waals surface area contributed by atoms with Gasteiger partial charge in [0.1, 0.15) is 5.75 Å². The van der Waals surface area contributed by atoms with E-state index in [0.29, 0.717) is 13.3 Å². The third kappa shape index (κ3) is 4.91. The maximum Gasteiger partial charge on any atom is 0.199 e. The fraction of sp³-hybridized carbons (Fsp3) is 0.429. The van der Waals surface area contributed by atoms with Crippen LogP contribution in [-0.4, -0.2) is 69.7 Å². The van der Waals surface area contributed by atoms with Crippen molar-refractivity contribution >= 4 is 28.8 Å². The van der Waals surface area contributed by atoms with E-state index in [1.165, 1.54) is 5.69 Å². The van der Waals surface area contributed by atoms with Gasteiger partial charge in [-0.15, -0.1) is 0 Å². The summed E-state index contributed by atoms with van der Waals surface area (Å²) in [5, 5.41) is 6.24. The number of aromatic nitrogens is 4. The van der Waals surface area contributed by atoms with Crippen molar-refractivity contribution in [3.8, 4) is 17.1 Å². The van der Waals surface area contributed by atoms with Crippen LogP contribution >= 0.6 is 12.2 Å². The van der Waals surface area contributed by atoms with Gasteiger partial charge < -0.3 is 19.4 Å². The SMILES string of the molecule is CCOc1ccccc1N1CCN(Cn2nc(-c3c[nH]c4ccccc34)n(C[C@@H]3CCCO3)c2=S)CC1. The summed E-state index contributed by atoms with van der Waals surface area (Å²) in [5.74, 6) is 1.86. The van der Waals surface area contributed by atoms with E-state index in [-0.39, 0.29) is 6.10 Å². The average Bonchev–Trinajstić information content (AvgIpc) is 3.66. The van der Waals surface area contributed by atoms with E-state index in [4.69, 9.17) is 26.8 Å². The Hall–Kier alpha value is -3.14. The lowest BCUT2D eigenvalue weighted by molar-refractivity contribution is 0.0966. The number of hydrogen-bond donors (Lipinski definition) is 1. The third-order valence-electron chi connectivity index (χ3n) is 7.38. The Labute approximate surface area is 222 Å². The Balaban J connectivity index is 1.24. The molecule has 4 heterocycles. The summed E-state index contributed by atoms with van der Waals surface area (Å²) in [7, 11) is 0. The van der Waals surface area contributed by atoms with Crippen LogP contribution in [0.5, 0.6) is 5.75 Å². The normalized spacial score (nSPS) is 18.6. The number of ether oxygens (including phenoxy) is 2. The second-order valence-corrected chi connectivity index (χ2v) is 10.1. The minimum atomic E-state index is 0.183. The first kappa shape index (κ1) is 24.2. The molecule has 6 rings (SSSR count). The molecule has 1 atom stereocenters. The van der Waals surface area contributed by atoms with E-state index >= 15 is 0 Å². The van der Waals surface area contributed by atoms with E-state index in [9.17, 15) is 0 Å². The highest BCUT2D eigenvalue weighted by Crippen LogP contribution is 2.30. The van der Waals surface area contributed by atoms with E-state index in [1.807, 2.05) is 29.9 Å².